The van der Waals surface area contributed by atoms with E-state index in [1.807, 2.05) is 0 Å². The van der Waals surface area contributed by atoms with Crippen LogP contribution in [-0.2, 0) is 0 Å². The van der Waals surface area contributed by atoms with Gasteiger partial charge in [0.1, 0.15) is 11.6 Å². The van der Waals surface area contributed by atoms with Gasteiger partial charge in [-0.25, -0.2) is 8.78 Å². The van der Waals surface area contributed by atoms with Crippen molar-refractivity contribution in [3.63, 3.8) is 0 Å². The molecule has 0 bridgehead atoms. The fourth-order valence-corrected chi connectivity index (χ4v) is 2.76. The summed E-state index contributed by atoms with van der Waals surface area (Å²) in [5, 5.41) is 2.00. The molecule has 1 aromatic carbocycles. The first-order valence-electron chi connectivity index (χ1n) is 5.15. The minimum atomic E-state index is -0.735. The summed E-state index contributed by atoms with van der Waals surface area (Å²) in [6.45, 7) is 3.19. The van der Waals surface area contributed by atoms with Crippen LogP contribution in [0.3, 0.4) is 0 Å². The maximum Gasteiger partial charge on any atom is 0.207 e. The Bertz CT molecular complexity index is 634. The maximum absolute atomic E-state index is 13.7. The number of carbonyl (C=O) groups excluding carboxylic acids is 1. The molecule has 94 valence electrons. The van der Waals surface area contributed by atoms with E-state index >= 15 is 0 Å². The molecule has 18 heavy (non-hydrogen) atoms. The largest absolute Gasteiger partial charge is 0.288 e. The first-order chi connectivity index (χ1) is 8.41. The number of ketones is 1. The van der Waals surface area contributed by atoms with E-state index in [-0.39, 0.29) is 16.0 Å². The maximum atomic E-state index is 13.7. The van der Waals surface area contributed by atoms with E-state index in [1.54, 1.807) is 12.3 Å². The second-order valence-corrected chi connectivity index (χ2v) is 5.23. The van der Waals surface area contributed by atoms with Crippen molar-refractivity contribution in [2.24, 2.45) is 0 Å². The van der Waals surface area contributed by atoms with Crippen LogP contribution >= 0.6 is 22.9 Å². The molecule has 0 atom stereocenters. The van der Waals surface area contributed by atoms with Crippen molar-refractivity contribution in [1.29, 1.82) is 0 Å². The van der Waals surface area contributed by atoms with Crippen LogP contribution in [0.2, 0.25) is 5.02 Å². The van der Waals surface area contributed by atoms with Crippen molar-refractivity contribution in [2.75, 3.05) is 0 Å². The fraction of sp³-hybridized carbons (Fsp3) is 0.154. The Morgan fingerprint density at radius 3 is 2.39 bits per heavy atom. The Morgan fingerprint density at radius 1 is 1.17 bits per heavy atom. The molecule has 0 aliphatic heterocycles. The highest BCUT2D eigenvalue weighted by molar-refractivity contribution is 7.13. The Labute approximate surface area is 112 Å². The topological polar surface area (TPSA) is 17.1 Å². The molecule has 0 N–H and O–H groups in total. The number of rotatable bonds is 2. The second kappa shape index (κ2) is 4.78. The van der Waals surface area contributed by atoms with Crippen LogP contribution in [0.4, 0.5) is 8.78 Å². The van der Waals surface area contributed by atoms with Crippen LogP contribution in [0.5, 0.6) is 0 Å². The van der Waals surface area contributed by atoms with Crippen LogP contribution in [-0.4, -0.2) is 5.78 Å². The fourth-order valence-electron chi connectivity index (χ4n) is 1.53. The predicted molar refractivity (Wildman–Crippen MR) is 68.6 cm³/mol. The molecule has 1 aromatic heterocycles. The predicted octanol–water partition coefficient (Wildman–Crippen LogP) is 4.53. The minimum absolute atomic E-state index is 0.164. The highest BCUT2D eigenvalue weighted by Gasteiger charge is 2.21. The van der Waals surface area contributed by atoms with E-state index in [1.165, 1.54) is 6.92 Å². The van der Waals surface area contributed by atoms with Crippen LogP contribution in [0.15, 0.2) is 17.5 Å². The van der Waals surface area contributed by atoms with Gasteiger partial charge in [-0.2, -0.15) is 0 Å². The molecule has 0 amide bonds. The number of thiophene rings is 1. The molecule has 2 aromatic rings. The van der Waals surface area contributed by atoms with Gasteiger partial charge < -0.3 is 0 Å². The van der Waals surface area contributed by atoms with Gasteiger partial charge >= 0.3 is 0 Å². The van der Waals surface area contributed by atoms with Crippen LogP contribution in [0.25, 0.3) is 0 Å². The molecular formula is C13H9ClF2OS. The minimum Gasteiger partial charge on any atom is -0.288 e. The molecule has 0 fully saturated rings. The van der Waals surface area contributed by atoms with Crippen LogP contribution in [0.1, 0.15) is 26.4 Å². The van der Waals surface area contributed by atoms with Crippen molar-refractivity contribution in [3.05, 3.63) is 55.7 Å². The molecule has 0 saturated carbocycles. The van der Waals surface area contributed by atoms with E-state index < -0.39 is 17.4 Å². The van der Waals surface area contributed by atoms with Crippen molar-refractivity contribution >= 4 is 28.7 Å². The zero-order valence-corrected chi connectivity index (χ0v) is 11.3. The molecular weight excluding hydrogens is 278 g/mol. The molecule has 0 saturated heterocycles. The lowest BCUT2D eigenvalue weighted by molar-refractivity contribution is 0.103. The Kier molecular flexibility index (Phi) is 3.50. The zero-order valence-electron chi connectivity index (χ0n) is 9.68. The molecule has 0 aliphatic carbocycles. The summed E-state index contributed by atoms with van der Waals surface area (Å²) in [7, 11) is 0. The third-order valence-corrected chi connectivity index (χ3v) is 4.29. The van der Waals surface area contributed by atoms with Gasteiger partial charge in [-0.15, -0.1) is 11.3 Å². The van der Waals surface area contributed by atoms with E-state index in [0.717, 1.165) is 29.0 Å². The monoisotopic (exact) mass is 286 g/mol. The summed E-state index contributed by atoms with van der Waals surface area (Å²) in [4.78, 5) is 12.3. The summed E-state index contributed by atoms with van der Waals surface area (Å²) in [6.07, 6.45) is 0. The molecule has 0 spiro atoms. The zero-order chi connectivity index (χ0) is 13.4. The molecule has 1 nitrogen and oxygen atoms in total. The lowest BCUT2D eigenvalue weighted by Gasteiger charge is -2.04. The van der Waals surface area contributed by atoms with Gasteiger partial charge in [-0.3, -0.25) is 4.79 Å². The Balaban J connectivity index is 2.53. The first kappa shape index (κ1) is 13.2. The van der Waals surface area contributed by atoms with Crippen molar-refractivity contribution in [1.82, 2.24) is 0 Å². The number of halogens is 3. The van der Waals surface area contributed by atoms with Gasteiger partial charge in [-0.1, -0.05) is 11.6 Å². The van der Waals surface area contributed by atoms with Gasteiger partial charge in [0.25, 0.3) is 0 Å². The average molecular weight is 287 g/mol. The summed E-state index contributed by atoms with van der Waals surface area (Å²) >= 11 is 7.08. The third kappa shape index (κ3) is 2.18. The van der Waals surface area contributed by atoms with Gasteiger partial charge in [-0.05, 0) is 42.5 Å². The number of hydrogen-bond donors (Lipinski definition) is 0. The van der Waals surface area contributed by atoms with Gasteiger partial charge in [0, 0.05) is 0 Å². The number of aryl methyl sites for hydroxylation is 2. The van der Waals surface area contributed by atoms with Crippen LogP contribution in [0, 0.1) is 25.5 Å². The standard InChI is InChI=1S/C13H9ClF2OS/c1-6-3-10(16)8(4-9(6)15)12(17)13-11(14)7(2)5-18-13/h3-5H,1-2H3. The number of carbonyl (C=O) groups is 1. The lowest BCUT2D eigenvalue weighted by Crippen LogP contribution is -2.04. The van der Waals surface area contributed by atoms with Crippen molar-refractivity contribution in [2.45, 2.75) is 13.8 Å². The van der Waals surface area contributed by atoms with E-state index in [0.29, 0.717) is 5.02 Å². The van der Waals surface area contributed by atoms with Crippen molar-refractivity contribution < 1.29 is 13.6 Å². The molecule has 2 rings (SSSR count). The molecule has 1 heterocycles. The highest BCUT2D eigenvalue weighted by Crippen LogP contribution is 2.30. The van der Waals surface area contributed by atoms with Gasteiger partial charge in [0.15, 0.2) is 0 Å². The Morgan fingerprint density at radius 2 is 1.83 bits per heavy atom. The molecule has 0 radical (unpaired) electrons. The summed E-state index contributed by atoms with van der Waals surface area (Å²) < 4.78 is 27.1. The molecule has 0 unspecified atom stereocenters. The van der Waals surface area contributed by atoms with E-state index in [9.17, 15) is 13.6 Å². The summed E-state index contributed by atoms with van der Waals surface area (Å²) in [6, 6.07) is 1.93. The SMILES string of the molecule is Cc1cc(F)c(C(=O)c2scc(C)c2Cl)cc1F. The summed E-state index contributed by atoms with van der Waals surface area (Å²) in [5.41, 5.74) is 0.623. The smallest absolute Gasteiger partial charge is 0.207 e. The lowest BCUT2D eigenvalue weighted by atomic mass is 10.1. The van der Waals surface area contributed by atoms with E-state index in [4.69, 9.17) is 11.6 Å². The van der Waals surface area contributed by atoms with Crippen LogP contribution < -0.4 is 0 Å². The van der Waals surface area contributed by atoms with Crippen molar-refractivity contribution in [3.8, 4) is 0 Å². The molecule has 5 heteroatoms. The van der Waals surface area contributed by atoms with Gasteiger partial charge in [0.05, 0.1) is 15.5 Å². The number of hydrogen-bond acceptors (Lipinski definition) is 2. The number of benzene rings is 1. The Hall–Kier alpha value is -1.26. The average Bonchev–Trinajstić information content (AvgIpc) is 2.64. The highest BCUT2D eigenvalue weighted by atomic mass is 35.5. The van der Waals surface area contributed by atoms with Gasteiger partial charge in [0.2, 0.25) is 5.78 Å². The molecule has 0 aliphatic rings. The third-order valence-electron chi connectivity index (χ3n) is 2.60. The summed E-state index contributed by atoms with van der Waals surface area (Å²) in [5.74, 6) is -1.93. The normalized spacial score (nSPS) is 10.7. The quantitative estimate of drug-likeness (QED) is 0.742. The first-order valence-corrected chi connectivity index (χ1v) is 6.41. The second-order valence-electron chi connectivity index (χ2n) is 3.97. The van der Waals surface area contributed by atoms with E-state index in [2.05, 4.69) is 0 Å².